The normalized spacial score (nSPS) is 18.9. The van der Waals surface area contributed by atoms with Crippen molar-refractivity contribution in [3.05, 3.63) is 0 Å². The third kappa shape index (κ3) is 4.89. The number of nitrogens with zero attached hydrogens (tertiary/aromatic N) is 2. The first-order chi connectivity index (χ1) is 9.65. The Morgan fingerprint density at radius 1 is 1.29 bits per heavy atom. The number of methoxy groups -OCH3 is 1. The lowest BCUT2D eigenvalue weighted by atomic mass is 10.2. The SMILES string of the molecule is COC(=O)N(C)C(=O)C1CN(C(=O)OC(C)(C)C)CCO1. The van der Waals surface area contributed by atoms with Crippen molar-refractivity contribution >= 4 is 18.1 Å². The Balaban J connectivity index is 2.66. The average molecular weight is 302 g/mol. The van der Waals surface area contributed by atoms with Crippen LogP contribution in [0.3, 0.4) is 0 Å². The molecule has 21 heavy (non-hydrogen) atoms. The van der Waals surface area contributed by atoms with E-state index >= 15 is 0 Å². The molecule has 0 spiro atoms. The number of likely N-dealkylation sites (N-methyl/N-ethyl adjacent to an activating group) is 1. The molecular weight excluding hydrogens is 280 g/mol. The van der Waals surface area contributed by atoms with E-state index in [-0.39, 0.29) is 13.2 Å². The molecule has 1 saturated heterocycles. The van der Waals surface area contributed by atoms with Crippen LogP contribution in [0.1, 0.15) is 20.8 Å². The summed E-state index contributed by atoms with van der Waals surface area (Å²) < 4.78 is 15.0. The number of ether oxygens (including phenoxy) is 3. The fourth-order valence-corrected chi connectivity index (χ4v) is 1.73. The lowest BCUT2D eigenvalue weighted by Gasteiger charge is -2.34. The molecule has 0 radical (unpaired) electrons. The van der Waals surface area contributed by atoms with E-state index in [0.29, 0.717) is 6.54 Å². The van der Waals surface area contributed by atoms with Gasteiger partial charge in [-0.3, -0.25) is 4.79 Å². The first-order valence-corrected chi connectivity index (χ1v) is 6.60. The molecule has 1 fully saturated rings. The van der Waals surface area contributed by atoms with Crippen molar-refractivity contribution in [1.82, 2.24) is 9.80 Å². The number of imide groups is 1. The van der Waals surface area contributed by atoms with Crippen LogP contribution >= 0.6 is 0 Å². The maximum absolute atomic E-state index is 12.1. The van der Waals surface area contributed by atoms with E-state index in [1.165, 1.54) is 19.1 Å². The molecule has 1 heterocycles. The highest BCUT2D eigenvalue weighted by Gasteiger charge is 2.34. The number of hydrogen-bond acceptors (Lipinski definition) is 6. The maximum atomic E-state index is 12.1. The Morgan fingerprint density at radius 3 is 2.43 bits per heavy atom. The van der Waals surface area contributed by atoms with Gasteiger partial charge in [0.15, 0.2) is 6.10 Å². The van der Waals surface area contributed by atoms with Gasteiger partial charge in [-0.2, -0.15) is 0 Å². The Kier molecular flexibility index (Phi) is 5.54. The fraction of sp³-hybridized carbons (Fsp3) is 0.769. The molecule has 0 aromatic carbocycles. The van der Waals surface area contributed by atoms with Crippen molar-refractivity contribution in [2.45, 2.75) is 32.5 Å². The van der Waals surface area contributed by atoms with Crippen molar-refractivity contribution in [2.75, 3.05) is 33.9 Å². The first-order valence-electron chi connectivity index (χ1n) is 6.60. The van der Waals surface area contributed by atoms with E-state index in [0.717, 1.165) is 4.90 Å². The van der Waals surface area contributed by atoms with Crippen LogP contribution < -0.4 is 0 Å². The van der Waals surface area contributed by atoms with Gasteiger partial charge in [0.2, 0.25) is 0 Å². The minimum atomic E-state index is -0.907. The number of hydrogen-bond donors (Lipinski definition) is 0. The van der Waals surface area contributed by atoms with Crippen LogP contribution in [0.25, 0.3) is 0 Å². The van der Waals surface area contributed by atoms with E-state index < -0.39 is 29.8 Å². The molecule has 0 aliphatic carbocycles. The summed E-state index contributed by atoms with van der Waals surface area (Å²) in [6.07, 6.45) is -2.20. The van der Waals surface area contributed by atoms with E-state index in [1.54, 1.807) is 20.8 Å². The topological polar surface area (TPSA) is 85.4 Å². The van der Waals surface area contributed by atoms with Crippen molar-refractivity contribution < 1.29 is 28.6 Å². The zero-order valence-electron chi connectivity index (χ0n) is 13.0. The van der Waals surface area contributed by atoms with Gasteiger partial charge in [-0.25, -0.2) is 14.5 Å². The van der Waals surface area contributed by atoms with Crippen LogP contribution in [0.4, 0.5) is 9.59 Å². The molecule has 8 heteroatoms. The Morgan fingerprint density at radius 2 is 1.90 bits per heavy atom. The summed E-state index contributed by atoms with van der Waals surface area (Å²) in [6, 6.07) is 0. The summed E-state index contributed by atoms with van der Waals surface area (Å²) in [5, 5.41) is 0. The molecular formula is C13H22N2O6. The molecule has 8 nitrogen and oxygen atoms in total. The van der Waals surface area contributed by atoms with Gasteiger partial charge >= 0.3 is 12.2 Å². The third-order valence-corrected chi connectivity index (χ3v) is 2.77. The zero-order valence-corrected chi connectivity index (χ0v) is 13.0. The first kappa shape index (κ1) is 17.2. The molecule has 0 aromatic rings. The van der Waals surface area contributed by atoms with Gasteiger partial charge in [0.05, 0.1) is 20.3 Å². The zero-order chi connectivity index (χ0) is 16.2. The van der Waals surface area contributed by atoms with Gasteiger partial charge in [0.25, 0.3) is 5.91 Å². The molecule has 0 aromatic heterocycles. The molecule has 1 rings (SSSR count). The summed E-state index contributed by atoms with van der Waals surface area (Å²) >= 11 is 0. The number of amides is 3. The van der Waals surface area contributed by atoms with Crippen LogP contribution in [-0.2, 0) is 19.0 Å². The van der Waals surface area contributed by atoms with Crippen LogP contribution in [0.15, 0.2) is 0 Å². The highest BCUT2D eigenvalue weighted by atomic mass is 16.6. The summed E-state index contributed by atoms with van der Waals surface area (Å²) in [5.74, 6) is -0.560. The Bertz CT molecular complexity index is 417. The van der Waals surface area contributed by atoms with Crippen LogP contribution in [0.2, 0.25) is 0 Å². The Labute approximate surface area is 123 Å². The predicted octanol–water partition coefficient (Wildman–Crippen LogP) is 0.847. The second kappa shape index (κ2) is 6.75. The smallest absolute Gasteiger partial charge is 0.416 e. The largest absolute Gasteiger partial charge is 0.452 e. The lowest BCUT2D eigenvalue weighted by Crippen LogP contribution is -2.53. The number of carbonyl (C=O) groups excluding carboxylic acids is 3. The van der Waals surface area contributed by atoms with E-state index in [1.807, 2.05) is 0 Å². The summed E-state index contributed by atoms with van der Waals surface area (Å²) in [4.78, 5) is 37.6. The highest BCUT2D eigenvalue weighted by Crippen LogP contribution is 2.14. The van der Waals surface area contributed by atoms with Crippen LogP contribution in [-0.4, -0.2) is 73.5 Å². The van der Waals surface area contributed by atoms with Gasteiger partial charge in [0.1, 0.15) is 5.60 Å². The van der Waals surface area contributed by atoms with Crippen molar-refractivity contribution in [1.29, 1.82) is 0 Å². The van der Waals surface area contributed by atoms with Crippen LogP contribution in [0.5, 0.6) is 0 Å². The molecule has 0 N–H and O–H groups in total. The minimum Gasteiger partial charge on any atom is -0.452 e. The highest BCUT2D eigenvalue weighted by molar-refractivity contribution is 5.94. The molecule has 0 bridgehead atoms. The quantitative estimate of drug-likeness (QED) is 0.714. The molecule has 1 unspecified atom stereocenters. The fourth-order valence-electron chi connectivity index (χ4n) is 1.73. The summed E-state index contributed by atoms with van der Waals surface area (Å²) in [7, 11) is 2.48. The van der Waals surface area contributed by atoms with Crippen molar-refractivity contribution in [3.8, 4) is 0 Å². The standard InChI is InChI=1S/C13H22N2O6/c1-13(2,3)21-12(18)15-6-7-20-9(8-15)10(16)14(4)11(17)19-5/h9H,6-8H2,1-5H3. The summed E-state index contributed by atoms with van der Waals surface area (Å²) in [5.41, 5.74) is -0.613. The molecule has 120 valence electrons. The monoisotopic (exact) mass is 302 g/mol. The van der Waals surface area contributed by atoms with Gasteiger partial charge in [-0.1, -0.05) is 0 Å². The number of rotatable bonds is 1. The molecule has 1 atom stereocenters. The Hall–Kier alpha value is -1.83. The third-order valence-electron chi connectivity index (χ3n) is 2.77. The summed E-state index contributed by atoms with van der Waals surface area (Å²) in [6.45, 7) is 5.86. The minimum absolute atomic E-state index is 0.0368. The van der Waals surface area contributed by atoms with Gasteiger partial charge in [0, 0.05) is 13.6 Å². The van der Waals surface area contributed by atoms with Crippen LogP contribution in [0, 0.1) is 0 Å². The van der Waals surface area contributed by atoms with E-state index in [4.69, 9.17) is 9.47 Å². The number of morpholine rings is 1. The lowest BCUT2D eigenvalue weighted by molar-refractivity contribution is -0.145. The number of carbonyl (C=O) groups is 3. The predicted molar refractivity (Wildman–Crippen MR) is 72.7 cm³/mol. The van der Waals surface area contributed by atoms with Gasteiger partial charge in [-0.15, -0.1) is 0 Å². The molecule has 3 amide bonds. The van der Waals surface area contributed by atoms with Gasteiger partial charge in [-0.05, 0) is 20.8 Å². The molecule has 0 saturated carbocycles. The molecule has 1 aliphatic rings. The van der Waals surface area contributed by atoms with E-state index in [2.05, 4.69) is 4.74 Å². The van der Waals surface area contributed by atoms with Crippen molar-refractivity contribution in [2.24, 2.45) is 0 Å². The van der Waals surface area contributed by atoms with Gasteiger partial charge < -0.3 is 19.1 Å². The average Bonchev–Trinajstić information content (AvgIpc) is 2.43. The van der Waals surface area contributed by atoms with E-state index in [9.17, 15) is 14.4 Å². The second-order valence-corrected chi connectivity index (χ2v) is 5.65. The van der Waals surface area contributed by atoms with Crippen molar-refractivity contribution in [3.63, 3.8) is 0 Å². The molecule has 1 aliphatic heterocycles. The second-order valence-electron chi connectivity index (χ2n) is 5.65. The maximum Gasteiger partial charge on any atom is 0.416 e.